The van der Waals surface area contributed by atoms with Crippen molar-refractivity contribution in [3.05, 3.63) is 34.9 Å². The van der Waals surface area contributed by atoms with Gasteiger partial charge in [0.25, 0.3) is 0 Å². The average Bonchev–Trinajstić information content (AvgIpc) is 2.59. The van der Waals surface area contributed by atoms with Crippen LogP contribution in [0.1, 0.15) is 31.4 Å². The van der Waals surface area contributed by atoms with Gasteiger partial charge in [-0.2, -0.15) is 13.2 Å². The molecule has 5 nitrogen and oxygen atoms in total. The lowest BCUT2D eigenvalue weighted by molar-refractivity contribution is -0.162. The molecule has 26 heavy (non-hydrogen) atoms. The number of nitrogens with one attached hydrogen (secondary N) is 1. The molecule has 0 aromatic heterocycles. The van der Waals surface area contributed by atoms with Gasteiger partial charge in [0.15, 0.2) is 6.61 Å². The van der Waals surface area contributed by atoms with Gasteiger partial charge >= 0.3 is 12.3 Å². The molecule has 1 N–H and O–H groups in total. The highest BCUT2D eigenvalue weighted by Crippen LogP contribution is 2.22. The monoisotopic (exact) mass is 392 g/mol. The number of piperidine rings is 1. The molecule has 1 heterocycles. The second-order valence-electron chi connectivity index (χ2n) is 6.21. The Morgan fingerprint density at radius 1 is 1.27 bits per heavy atom. The summed E-state index contributed by atoms with van der Waals surface area (Å²) in [6.07, 6.45) is -4.80. The number of hydrogen-bond acceptors (Lipinski definition) is 3. The molecule has 2 amide bonds. The number of amides is 2. The SMILES string of the molecule is CC(NC(=O)C1CCN(C(=O)OCC(F)(F)F)CC1)c1ccc(Cl)cc1. The largest absolute Gasteiger partial charge is 0.440 e. The lowest BCUT2D eigenvalue weighted by atomic mass is 9.95. The zero-order valence-electron chi connectivity index (χ0n) is 14.2. The van der Waals surface area contributed by atoms with E-state index in [0.29, 0.717) is 17.9 Å². The summed E-state index contributed by atoms with van der Waals surface area (Å²) in [5.41, 5.74) is 0.913. The number of likely N-dealkylation sites (tertiary alicyclic amines) is 1. The summed E-state index contributed by atoms with van der Waals surface area (Å²) in [6, 6.07) is 6.93. The third-order valence-corrected chi connectivity index (χ3v) is 4.46. The van der Waals surface area contributed by atoms with E-state index in [1.807, 2.05) is 19.1 Å². The van der Waals surface area contributed by atoms with E-state index in [4.69, 9.17) is 11.6 Å². The van der Waals surface area contributed by atoms with Crippen LogP contribution in [0.25, 0.3) is 0 Å². The van der Waals surface area contributed by atoms with Gasteiger partial charge in [-0.3, -0.25) is 4.79 Å². The van der Waals surface area contributed by atoms with Crippen molar-refractivity contribution in [2.24, 2.45) is 5.92 Å². The summed E-state index contributed by atoms with van der Waals surface area (Å²) < 4.78 is 40.5. The fraction of sp³-hybridized carbons (Fsp3) is 0.529. The molecule has 9 heteroatoms. The first-order valence-electron chi connectivity index (χ1n) is 8.20. The summed E-state index contributed by atoms with van der Waals surface area (Å²) >= 11 is 5.84. The van der Waals surface area contributed by atoms with Crippen molar-refractivity contribution in [2.45, 2.75) is 32.0 Å². The number of hydrogen-bond donors (Lipinski definition) is 1. The van der Waals surface area contributed by atoms with Crippen LogP contribution in [0.5, 0.6) is 0 Å². The van der Waals surface area contributed by atoms with Gasteiger partial charge in [-0.05, 0) is 37.5 Å². The van der Waals surface area contributed by atoms with E-state index in [1.54, 1.807) is 12.1 Å². The predicted molar refractivity (Wildman–Crippen MR) is 89.7 cm³/mol. The predicted octanol–water partition coefficient (Wildman–Crippen LogP) is 3.93. The molecule has 1 aliphatic heterocycles. The fourth-order valence-corrected chi connectivity index (χ4v) is 2.85. The van der Waals surface area contributed by atoms with Crippen LogP contribution in [0.15, 0.2) is 24.3 Å². The maximum absolute atomic E-state index is 12.4. The maximum atomic E-state index is 12.4. The van der Waals surface area contributed by atoms with Crippen LogP contribution in [0.2, 0.25) is 5.02 Å². The van der Waals surface area contributed by atoms with Crippen molar-refractivity contribution < 1.29 is 27.5 Å². The van der Waals surface area contributed by atoms with E-state index in [9.17, 15) is 22.8 Å². The molecule has 1 unspecified atom stereocenters. The van der Waals surface area contributed by atoms with Gasteiger partial charge in [-0.25, -0.2) is 4.79 Å². The summed E-state index contributed by atoms with van der Waals surface area (Å²) in [5, 5.41) is 3.52. The van der Waals surface area contributed by atoms with Gasteiger partial charge in [0, 0.05) is 24.0 Å². The molecular formula is C17H20ClF3N2O3. The summed E-state index contributed by atoms with van der Waals surface area (Å²) in [6.45, 7) is 0.615. The Bertz CT molecular complexity index is 629. The highest BCUT2D eigenvalue weighted by atomic mass is 35.5. The van der Waals surface area contributed by atoms with Crippen molar-refractivity contribution >= 4 is 23.6 Å². The number of rotatable bonds is 4. The standard InChI is InChI=1S/C17H20ClF3N2O3/c1-11(12-2-4-14(18)5-3-12)22-15(24)13-6-8-23(9-7-13)16(25)26-10-17(19,20)21/h2-5,11,13H,6-10H2,1H3,(H,22,24). The molecule has 2 rings (SSSR count). The molecular weight excluding hydrogens is 373 g/mol. The van der Waals surface area contributed by atoms with Crippen LogP contribution in [0.4, 0.5) is 18.0 Å². The molecule has 0 aliphatic carbocycles. The van der Waals surface area contributed by atoms with Crippen molar-refractivity contribution in [2.75, 3.05) is 19.7 Å². The van der Waals surface area contributed by atoms with Gasteiger partial charge in [0.05, 0.1) is 6.04 Å². The Labute approximate surface area is 154 Å². The fourth-order valence-electron chi connectivity index (χ4n) is 2.73. The van der Waals surface area contributed by atoms with Crippen LogP contribution in [-0.2, 0) is 9.53 Å². The topological polar surface area (TPSA) is 58.6 Å². The van der Waals surface area contributed by atoms with Gasteiger partial charge in [0.2, 0.25) is 5.91 Å². The van der Waals surface area contributed by atoms with E-state index < -0.39 is 18.9 Å². The van der Waals surface area contributed by atoms with Crippen molar-refractivity contribution in [1.29, 1.82) is 0 Å². The van der Waals surface area contributed by atoms with E-state index in [-0.39, 0.29) is 31.0 Å². The quantitative estimate of drug-likeness (QED) is 0.844. The normalized spacial score (nSPS) is 16.9. The smallest absolute Gasteiger partial charge is 0.422 e. The van der Waals surface area contributed by atoms with E-state index >= 15 is 0 Å². The zero-order valence-corrected chi connectivity index (χ0v) is 14.9. The van der Waals surface area contributed by atoms with Gasteiger partial charge in [-0.15, -0.1) is 0 Å². The van der Waals surface area contributed by atoms with Crippen LogP contribution < -0.4 is 5.32 Å². The summed E-state index contributed by atoms with van der Waals surface area (Å²) in [4.78, 5) is 25.2. The molecule has 144 valence electrons. The number of ether oxygens (including phenoxy) is 1. The van der Waals surface area contributed by atoms with Crippen molar-refractivity contribution in [1.82, 2.24) is 10.2 Å². The van der Waals surface area contributed by atoms with E-state index in [2.05, 4.69) is 10.1 Å². The number of carbonyl (C=O) groups excluding carboxylic acids is 2. The Morgan fingerprint density at radius 2 is 1.85 bits per heavy atom. The molecule has 0 radical (unpaired) electrons. The minimum absolute atomic E-state index is 0.143. The van der Waals surface area contributed by atoms with E-state index in [0.717, 1.165) is 5.56 Å². The lowest BCUT2D eigenvalue weighted by Gasteiger charge is -2.31. The first kappa shape index (κ1) is 20.4. The number of alkyl halides is 3. The first-order valence-corrected chi connectivity index (χ1v) is 8.58. The van der Waals surface area contributed by atoms with Crippen molar-refractivity contribution in [3.63, 3.8) is 0 Å². The second kappa shape index (κ2) is 8.62. The van der Waals surface area contributed by atoms with Gasteiger partial charge in [0.1, 0.15) is 0 Å². The average molecular weight is 393 g/mol. The first-order chi connectivity index (χ1) is 12.2. The van der Waals surface area contributed by atoms with Gasteiger partial charge < -0.3 is 15.0 Å². The minimum atomic E-state index is -4.55. The zero-order chi connectivity index (χ0) is 19.3. The lowest BCUT2D eigenvalue weighted by Crippen LogP contribution is -2.44. The molecule has 1 aromatic carbocycles. The number of carbonyl (C=O) groups is 2. The van der Waals surface area contributed by atoms with Crippen molar-refractivity contribution in [3.8, 4) is 0 Å². The van der Waals surface area contributed by atoms with Gasteiger partial charge in [-0.1, -0.05) is 23.7 Å². The molecule has 0 bridgehead atoms. The summed E-state index contributed by atoms with van der Waals surface area (Å²) in [7, 11) is 0. The molecule has 1 aliphatic rings. The maximum Gasteiger partial charge on any atom is 0.422 e. The highest BCUT2D eigenvalue weighted by Gasteiger charge is 2.33. The molecule has 1 aromatic rings. The molecule has 1 atom stereocenters. The number of nitrogens with zero attached hydrogens (tertiary/aromatic N) is 1. The Morgan fingerprint density at radius 3 is 2.38 bits per heavy atom. The minimum Gasteiger partial charge on any atom is -0.440 e. The Kier molecular flexibility index (Phi) is 6.75. The molecule has 1 saturated heterocycles. The van der Waals surface area contributed by atoms with Crippen LogP contribution in [0, 0.1) is 5.92 Å². The molecule has 1 fully saturated rings. The number of halogens is 4. The summed E-state index contributed by atoms with van der Waals surface area (Å²) in [5.74, 6) is -0.438. The second-order valence-corrected chi connectivity index (χ2v) is 6.65. The molecule has 0 saturated carbocycles. The third-order valence-electron chi connectivity index (χ3n) is 4.21. The Hall–Kier alpha value is -1.96. The van der Waals surface area contributed by atoms with Crippen LogP contribution in [-0.4, -0.2) is 42.8 Å². The third kappa shape index (κ3) is 6.09. The van der Waals surface area contributed by atoms with Crippen LogP contribution in [0.3, 0.4) is 0 Å². The van der Waals surface area contributed by atoms with Crippen LogP contribution >= 0.6 is 11.6 Å². The Balaban J connectivity index is 1.79. The highest BCUT2D eigenvalue weighted by molar-refractivity contribution is 6.30. The molecule has 0 spiro atoms. The number of benzene rings is 1. The van der Waals surface area contributed by atoms with E-state index in [1.165, 1.54) is 4.90 Å².